The van der Waals surface area contributed by atoms with Gasteiger partial charge in [0.05, 0.1) is 12.6 Å². The van der Waals surface area contributed by atoms with E-state index in [1.807, 2.05) is 48.5 Å². The zero-order chi connectivity index (χ0) is 19.8. The molecular weight excluding hydrogens is 350 g/mol. The summed E-state index contributed by atoms with van der Waals surface area (Å²) in [5.74, 6) is 0. The van der Waals surface area contributed by atoms with Crippen LogP contribution in [0.2, 0.25) is 0 Å². The highest BCUT2D eigenvalue weighted by atomic mass is 16.7. The number of methoxy groups -OCH3 is 2. The quantitative estimate of drug-likeness (QED) is 0.408. The van der Waals surface area contributed by atoms with Crippen LogP contribution in [-0.4, -0.2) is 38.4 Å². The fraction of sp³-hybridized carbons (Fsp3) is 0.208. The molecule has 0 bridgehead atoms. The lowest BCUT2D eigenvalue weighted by Crippen LogP contribution is -2.37. The van der Waals surface area contributed by atoms with Crippen LogP contribution in [0.5, 0.6) is 0 Å². The van der Waals surface area contributed by atoms with Crippen LogP contribution in [0, 0.1) is 0 Å². The van der Waals surface area contributed by atoms with Gasteiger partial charge in [0, 0.05) is 14.2 Å². The van der Waals surface area contributed by atoms with Crippen LogP contribution in [-0.2, 0) is 14.3 Å². The summed E-state index contributed by atoms with van der Waals surface area (Å²) >= 11 is 0. The van der Waals surface area contributed by atoms with Crippen molar-refractivity contribution in [3.63, 3.8) is 0 Å². The second kappa shape index (κ2) is 9.83. The fourth-order valence-corrected chi connectivity index (χ4v) is 3.33. The van der Waals surface area contributed by atoms with E-state index in [9.17, 15) is 4.79 Å². The summed E-state index contributed by atoms with van der Waals surface area (Å²) < 4.78 is 10.6. The Bertz CT molecular complexity index is 846. The summed E-state index contributed by atoms with van der Waals surface area (Å²) in [5, 5.41) is 0. The zero-order valence-electron chi connectivity index (χ0n) is 16.2. The number of ether oxygens (including phenoxy) is 2. The van der Waals surface area contributed by atoms with E-state index in [1.54, 1.807) is 19.1 Å². The van der Waals surface area contributed by atoms with Crippen molar-refractivity contribution < 1.29 is 14.3 Å². The van der Waals surface area contributed by atoms with Gasteiger partial charge in [0.15, 0.2) is 6.29 Å². The van der Waals surface area contributed by atoms with Gasteiger partial charge in [-0.15, -0.1) is 0 Å². The molecule has 1 amide bonds. The normalized spacial score (nSPS) is 12.0. The highest BCUT2D eigenvalue weighted by molar-refractivity contribution is 5.64. The lowest BCUT2D eigenvalue weighted by Gasteiger charge is -2.31. The van der Waals surface area contributed by atoms with E-state index in [0.29, 0.717) is 6.54 Å². The predicted octanol–water partition coefficient (Wildman–Crippen LogP) is 4.52. The maximum absolute atomic E-state index is 12.0. The van der Waals surface area contributed by atoms with Gasteiger partial charge in [-0.3, -0.25) is 4.79 Å². The van der Waals surface area contributed by atoms with E-state index in [0.717, 1.165) is 28.7 Å². The molecular formula is C24H25NO3. The third kappa shape index (κ3) is 4.66. The first kappa shape index (κ1) is 19.8. The van der Waals surface area contributed by atoms with Crippen LogP contribution in [0.3, 0.4) is 0 Å². The molecule has 0 aliphatic rings. The molecule has 0 radical (unpaired) electrons. The Kier molecular flexibility index (Phi) is 6.95. The molecule has 4 heteroatoms. The smallest absolute Gasteiger partial charge is 0.210 e. The Balaban J connectivity index is 1.96. The third-order valence-electron chi connectivity index (χ3n) is 4.80. The molecule has 0 heterocycles. The van der Waals surface area contributed by atoms with Crippen molar-refractivity contribution in [2.75, 3.05) is 20.8 Å². The summed E-state index contributed by atoms with van der Waals surface area (Å²) in [6.45, 7) is 0.330. The topological polar surface area (TPSA) is 38.8 Å². The molecule has 3 aromatic rings. The third-order valence-corrected chi connectivity index (χ3v) is 4.80. The van der Waals surface area contributed by atoms with E-state index in [4.69, 9.17) is 9.47 Å². The Morgan fingerprint density at radius 1 is 0.750 bits per heavy atom. The van der Waals surface area contributed by atoms with Crippen LogP contribution >= 0.6 is 0 Å². The van der Waals surface area contributed by atoms with Gasteiger partial charge >= 0.3 is 0 Å². The van der Waals surface area contributed by atoms with Gasteiger partial charge in [-0.25, -0.2) is 0 Å². The second-order valence-corrected chi connectivity index (χ2v) is 6.50. The molecule has 0 saturated heterocycles. The molecule has 0 saturated carbocycles. The van der Waals surface area contributed by atoms with Crippen LogP contribution in [0.25, 0.3) is 11.1 Å². The lowest BCUT2D eigenvalue weighted by molar-refractivity contribution is -0.137. The molecule has 3 rings (SSSR count). The minimum atomic E-state index is -0.486. The van der Waals surface area contributed by atoms with Crippen molar-refractivity contribution in [2.45, 2.75) is 12.3 Å². The van der Waals surface area contributed by atoms with E-state index in [-0.39, 0.29) is 6.04 Å². The van der Waals surface area contributed by atoms with E-state index in [1.165, 1.54) is 0 Å². The standard InChI is InChI=1S/C24H25NO3/c1-27-23(28-2)17-25(18-26)24(21-11-7-4-8-12-21)22-15-13-20(14-16-22)19-9-5-3-6-10-19/h3-16,18,23-24H,17H2,1-2H3/t24-/m0/s1. The van der Waals surface area contributed by atoms with Gasteiger partial charge in [-0.2, -0.15) is 0 Å². The van der Waals surface area contributed by atoms with Crippen molar-refractivity contribution >= 4 is 6.41 Å². The molecule has 28 heavy (non-hydrogen) atoms. The van der Waals surface area contributed by atoms with Gasteiger partial charge < -0.3 is 14.4 Å². The van der Waals surface area contributed by atoms with E-state index in [2.05, 4.69) is 36.4 Å². The largest absolute Gasteiger partial charge is 0.354 e. The fourth-order valence-electron chi connectivity index (χ4n) is 3.33. The molecule has 0 aliphatic heterocycles. The van der Waals surface area contributed by atoms with Gasteiger partial charge in [0.1, 0.15) is 0 Å². The molecule has 0 fully saturated rings. The van der Waals surface area contributed by atoms with E-state index < -0.39 is 6.29 Å². The number of nitrogens with zero attached hydrogens (tertiary/aromatic N) is 1. The average molecular weight is 375 g/mol. The number of amides is 1. The Hall–Kier alpha value is -2.95. The molecule has 3 aromatic carbocycles. The Morgan fingerprint density at radius 3 is 1.79 bits per heavy atom. The summed E-state index contributed by atoms with van der Waals surface area (Å²) in [6, 6.07) is 28.3. The minimum absolute atomic E-state index is 0.226. The Morgan fingerprint density at radius 2 is 1.25 bits per heavy atom. The number of rotatable bonds is 9. The molecule has 4 nitrogen and oxygen atoms in total. The van der Waals surface area contributed by atoms with Crippen molar-refractivity contribution in [1.29, 1.82) is 0 Å². The van der Waals surface area contributed by atoms with Crippen molar-refractivity contribution in [3.05, 3.63) is 96.1 Å². The Labute approximate surface area is 166 Å². The first-order chi connectivity index (χ1) is 13.8. The first-order valence-corrected chi connectivity index (χ1v) is 9.23. The van der Waals surface area contributed by atoms with Crippen LogP contribution in [0.4, 0.5) is 0 Å². The van der Waals surface area contributed by atoms with Crippen LogP contribution in [0.1, 0.15) is 17.2 Å². The number of carbonyl (C=O) groups excluding carboxylic acids is 1. The minimum Gasteiger partial charge on any atom is -0.354 e. The predicted molar refractivity (Wildman–Crippen MR) is 111 cm³/mol. The number of benzene rings is 3. The first-order valence-electron chi connectivity index (χ1n) is 9.23. The second-order valence-electron chi connectivity index (χ2n) is 6.50. The molecule has 0 unspecified atom stereocenters. The molecule has 0 N–H and O–H groups in total. The lowest BCUT2D eigenvalue weighted by atomic mass is 9.95. The number of hydrogen-bond acceptors (Lipinski definition) is 3. The highest BCUT2D eigenvalue weighted by Gasteiger charge is 2.24. The van der Waals surface area contributed by atoms with Crippen molar-refractivity contribution in [3.8, 4) is 11.1 Å². The molecule has 0 aliphatic carbocycles. The summed E-state index contributed by atoms with van der Waals surface area (Å²) in [7, 11) is 3.15. The molecule has 144 valence electrons. The summed E-state index contributed by atoms with van der Waals surface area (Å²) in [4.78, 5) is 13.7. The molecule has 0 spiro atoms. The van der Waals surface area contributed by atoms with Gasteiger partial charge in [-0.05, 0) is 22.3 Å². The van der Waals surface area contributed by atoms with E-state index >= 15 is 0 Å². The van der Waals surface area contributed by atoms with Crippen molar-refractivity contribution in [1.82, 2.24) is 4.90 Å². The van der Waals surface area contributed by atoms with Crippen LogP contribution in [0.15, 0.2) is 84.9 Å². The van der Waals surface area contributed by atoms with Crippen molar-refractivity contribution in [2.24, 2.45) is 0 Å². The SMILES string of the molecule is COC(CN(C=O)[C@@H](c1ccccc1)c1ccc(-c2ccccc2)cc1)OC. The summed E-state index contributed by atoms with van der Waals surface area (Å²) in [5.41, 5.74) is 4.37. The maximum Gasteiger partial charge on any atom is 0.210 e. The monoisotopic (exact) mass is 375 g/mol. The highest BCUT2D eigenvalue weighted by Crippen LogP contribution is 2.30. The summed E-state index contributed by atoms with van der Waals surface area (Å²) in [6.07, 6.45) is 0.369. The number of hydrogen-bond donors (Lipinski definition) is 0. The zero-order valence-corrected chi connectivity index (χ0v) is 16.2. The molecule has 0 aromatic heterocycles. The average Bonchev–Trinajstić information content (AvgIpc) is 2.78. The van der Waals surface area contributed by atoms with Gasteiger partial charge in [-0.1, -0.05) is 84.9 Å². The maximum atomic E-state index is 12.0. The van der Waals surface area contributed by atoms with Gasteiger partial charge in [0.25, 0.3) is 0 Å². The molecule has 1 atom stereocenters. The number of carbonyl (C=O) groups is 1. The van der Waals surface area contributed by atoms with Crippen LogP contribution < -0.4 is 0 Å². The van der Waals surface area contributed by atoms with Gasteiger partial charge in [0.2, 0.25) is 6.41 Å².